The lowest BCUT2D eigenvalue weighted by Crippen LogP contribution is -2.23. The Morgan fingerprint density at radius 2 is 1.85 bits per heavy atom. The summed E-state index contributed by atoms with van der Waals surface area (Å²) < 4.78 is 0. The zero-order valence-electron chi connectivity index (χ0n) is 14.6. The van der Waals surface area contributed by atoms with Crippen LogP contribution in [0.4, 0.5) is 0 Å². The molecule has 0 unspecified atom stereocenters. The van der Waals surface area contributed by atoms with Gasteiger partial charge in [-0.2, -0.15) is 0 Å². The first-order chi connectivity index (χ1) is 12.6. The highest BCUT2D eigenvalue weighted by atomic mass is 16.3. The van der Waals surface area contributed by atoms with Crippen LogP contribution in [-0.4, -0.2) is 46.8 Å². The Balaban J connectivity index is 1.50. The Morgan fingerprint density at radius 3 is 2.46 bits per heavy atom. The van der Waals surface area contributed by atoms with E-state index in [1.165, 1.54) is 5.56 Å². The van der Waals surface area contributed by atoms with E-state index in [0.29, 0.717) is 18.7 Å². The second-order valence-electron chi connectivity index (χ2n) is 7.54. The van der Waals surface area contributed by atoms with Crippen molar-refractivity contribution in [3.8, 4) is 0 Å². The number of nitrogens with zero attached hydrogens (tertiary/aromatic N) is 1. The summed E-state index contributed by atoms with van der Waals surface area (Å²) >= 11 is 0. The van der Waals surface area contributed by atoms with Gasteiger partial charge in [-0.25, -0.2) is 0 Å². The first kappa shape index (κ1) is 17.2. The number of hydrogen-bond donors (Lipinski definition) is 3. The lowest BCUT2D eigenvalue weighted by Gasteiger charge is -2.16. The average molecular weight is 352 g/mol. The van der Waals surface area contributed by atoms with E-state index in [2.05, 4.69) is 17.0 Å². The smallest absolute Gasteiger partial charge is 0.248 e. The van der Waals surface area contributed by atoms with Gasteiger partial charge in [0.2, 0.25) is 5.91 Å². The van der Waals surface area contributed by atoms with Crippen LogP contribution in [0.3, 0.4) is 0 Å². The number of amides is 1. The summed E-state index contributed by atoms with van der Waals surface area (Å²) in [7, 11) is 0. The topological polar surface area (TPSA) is 86.8 Å². The molecule has 1 aliphatic carbocycles. The lowest BCUT2D eigenvalue weighted by molar-refractivity contribution is 0.1000. The maximum atomic E-state index is 11.2. The van der Waals surface area contributed by atoms with Gasteiger partial charge in [0.05, 0.1) is 6.10 Å². The predicted octanol–water partition coefficient (Wildman–Crippen LogP) is 1.35. The van der Waals surface area contributed by atoms with Gasteiger partial charge in [0, 0.05) is 37.2 Å². The van der Waals surface area contributed by atoms with Crippen LogP contribution in [0, 0.1) is 11.3 Å². The van der Waals surface area contributed by atoms with Crippen LogP contribution in [0.1, 0.15) is 27.4 Å². The molecule has 2 aromatic rings. The van der Waals surface area contributed by atoms with Crippen LogP contribution < -0.4 is 5.73 Å². The molecule has 1 spiro atoms. The van der Waals surface area contributed by atoms with Crippen LogP contribution in [-0.2, 0) is 6.54 Å². The molecule has 136 valence electrons. The van der Waals surface area contributed by atoms with E-state index in [-0.39, 0.29) is 23.9 Å². The van der Waals surface area contributed by atoms with Crippen molar-refractivity contribution in [1.82, 2.24) is 4.90 Å². The summed E-state index contributed by atoms with van der Waals surface area (Å²) in [5.74, 6) is -0.130. The number of likely N-dealkylation sites (tertiary alicyclic amines) is 1. The van der Waals surface area contributed by atoms with E-state index in [4.69, 9.17) is 5.73 Å². The van der Waals surface area contributed by atoms with Crippen molar-refractivity contribution in [1.29, 1.82) is 0 Å². The van der Waals surface area contributed by atoms with Gasteiger partial charge in [0.1, 0.15) is 0 Å². The van der Waals surface area contributed by atoms with Gasteiger partial charge >= 0.3 is 0 Å². The van der Waals surface area contributed by atoms with Crippen molar-refractivity contribution < 1.29 is 15.0 Å². The molecule has 0 bridgehead atoms. The highest BCUT2D eigenvalue weighted by molar-refractivity contribution is 5.92. The molecular weight excluding hydrogens is 328 g/mol. The molecule has 0 radical (unpaired) electrons. The molecule has 2 aliphatic rings. The van der Waals surface area contributed by atoms with Crippen LogP contribution >= 0.6 is 0 Å². The van der Waals surface area contributed by atoms with Crippen LogP contribution in [0.2, 0.25) is 0 Å². The zero-order valence-corrected chi connectivity index (χ0v) is 14.6. The third-order valence-corrected chi connectivity index (χ3v) is 6.11. The number of benzene rings is 2. The Bertz CT molecular complexity index is 793. The van der Waals surface area contributed by atoms with Gasteiger partial charge < -0.3 is 15.9 Å². The van der Waals surface area contributed by atoms with Crippen molar-refractivity contribution in [2.24, 2.45) is 17.1 Å². The molecule has 4 rings (SSSR count). The third-order valence-electron chi connectivity index (χ3n) is 6.11. The average Bonchev–Trinajstić information content (AvgIpc) is 3.19. The van der Waals surface area contributed by atoms with E-state index in [9.17, 15) is 15.0 Å². The summed E-state index contributed by atoms with van der Waals surface area (Å²) in [5.41, 5.74) is 7.80. The summed E-state index contributed by atoms with van der Waals surface area (Å²) in [6, 6.07) is 17.5. The Labute approximate surface area is 153 Å². The highest BCUT2D eigenvalue weighted by Gasteiger charge is 2.70. The number of primary amides is 1. The number of β-amino-alcohol motifs (C(OH)–C–C–N with tert-alkyl or cyclic N) is 1. The zero-order chi connectivity index (χ0) is 18.3. The molecule has 1 aliphatic heterocycles. The molecule has 1 amide bonds. The molecule has 1 saturated heterocycles. The fraction of sp³-hybridized carbons (Fsp3) is 0.381. The number of aliphatic hydroxyl groups excluding tert-OH is 2. The second kappa shape index (κ2) is 6.50. The van der Waals surface area contributed by atoms with Crippen LogP contribution in [0.5, 0.6) is 0 Å². The van der Waals surface area contributed by atoms with Crippen molar-refractivity contribution in [3.63, 3.8) is 0 Å². The van der Waals surface area contributed by atoms with Gasteiger partial charge in [-0.15, -0.1) is 0 Å². The predicted molar refractivity (Wildman–Crippen MR) is 98.4 cm³/mol. The van der Waals surface area contributed by atoms with E-state index in [0.717, 1.165) is 12.1 Å². The molecule has 1 heterocycles. The largest absolute Gasteiger partial charge is 0.396 e. The molecule has 4 N–H and O–H groups in total. The SMILES string of the molecule is NC(=O)c1ccc(CN2C[C@H](O)[C@@]3(C2)[C@H](CO)[C@H]3c2ccccc2)cc1. The first-order valence-corrected chi connectivity index (χ1v) is 9.01. The van der Waals surface area contributed by atoms with Gasteiger partial charge in [-0.3, -0.25) is 9.69 Å². The quantitative estimate of drug-likeness (QED) is 0.758. The number of rotatable bonds is 5. The molecule has 1 saturated carbocycles. The van der Waals surface area contributed by atoms with Crippen molar-refractivity contribution in [2.75, 3.05) is 19.7 Å². The molecule has 2 aromatic carbocycles. The number of carbonyl (C=O) groups is 1. The first-order valence-electron chi connectivity index (χ1n) is 9.01. The normalized spacial score (nSPS) is 30.6. The fourth-order valence-corrected chi connectivity index (χ4v) is 4.81. The Morgan fingerprint density at radius 1 is 1.15 bits per heavy atom. The monoisotopic (exact) mass is 352 g/mol. The molecule has 26 heavy (non-hydrogen) atoms. The molecule has 5 nitrogen and oxygen atoms in total. The molecule has 0 aromatic heterocycles. The number of nitrogens with two attached hydrogens (primary N) is 1. The Hall–Kier alpha value is -2.21. The summed E-state index contributed by atoms with van der Waals surface area (Å²) in [5, 5.41) is 20.7. The summed E-state index contributed by atoms with van der Waals surface area (Å²) in [6.07, 6.45) is -0.449. The molecular formula is C21H24N2O3. The number of carbonyl (C=O) groups excluding carboxylic acids is 1. The molecule has 5 heteroatoms. The minimum absolute atomic E-state index is 0.0950. The standard InChI is InChI=1S/C21H24N2O3/c22-20(26)16-8-6-14(7-9-16)10-23-11-18(25)21(13-23)17(12-24)19(21)15-4-2-1-3-5-15/h1-9,17-19,24-25H,10-13H2,(H2,22,26)/t17-,18+,19-,21-/m1/s1. The summed E-state index contributed by atoms with van der Waals surface area (Å²) in [4.78, 5) is 13.4. The Kier molecular flexibility index (Phi) is 4.31. The second-order valence-corrected chi connectivity index (χ2v) is 7.54. The maximum Gasteiger partial charge on any atom is 0.248 e. The van der Waals surface area contributed by atoms with Gasteiger partial charge in [0.15, 0.2) is 0 Å². The van der Waals surface area contributed by atoms with Crippen molar-refractivity contribution >= 4 is 5.91 Å². The minimum atomic E-state index is -0.449. The van der Waals surface area contributed by atoms with Crippen molar-refractivity contribution in [3.05, 3.63) is 71.3 Å². The third kappa shape index (κ3) is 2.72. The lowest BCUT2D eigenvalue weighted by atomic mass is 9.95. The van der Waals surface area contributed by atoms with Gasteiger partial charge in [-0.1, -0.05) is 42.5 Å². The van der Waals surface area contributed by atoms with E-state index in [1.54, 1.807) is 12.1 Å². The van der Waals surface area contributed by atoms with E-state index >= 15 is 0 Å². The van der Waals surface area contributed by atoms with Gasteiger partial charge in [0.25, 0.3) is 0 Å². The highest BCUT2D eigenvalue weighted by Crippen LogP contribution is 2.68. The minimum Gasteiger partial charge on any atom is -0.396 e. The van der Waals surface area contributed by atoms with Crippen LogP contribution in [0.15, 0.2) is 54.6 Å². The fourth-order valence-electron chi connectivity index (χ4n) is 4.81. The molecule has 2 fully saturated rings. The van der Waals surface area contributed by atoms with E-state index in [1.807, 2.05) is 30.3 Å². The number of hydrogen-bond acceptors (Lipinski definition) is 4. The maximum absolute atomic E-state index is 11.2. The van der Waals surface area contributed by atoms with Gasteiger partial charge in [-0.05, 0) is 35.1 Å². The van der Waals surface area contributed by atoms with Crippen LogP contribution in [0.25, 0.3) is 0 Å². The van der Waals surface area contributed by atoms with E-state index < -0.39 is 12.0 Å². The number of aliphatic hydroxyl groups is 2. The van der Waals surface area contributed by atoms with Crippen molar-refractivity contribution in [2.45, 2.75) is 18.6 Å². The molecule has 4 atom stereocenters. The summed E-state index contributed by atoms with van der Waals surface area (Å²) in [6.45, 7) is 2.16.